The first-order valence-corrected chi connectivity index (χ1v) is 13.2. The van der Waals surface area contributed by atoms with Crippen molar-refractivity contribution >= 4 is 27.6 Å². The lowest BCUT2D eigenvalue weighted by Crippen LogP contribution is -2.46. The summed E-state index contributed by atoms with van der Waals surface area (Å²) in [5.74, 6) is 0.804. The molecule has 2 fully saturated rings. The summed E-state index contributed by atoms with van der Waals surface area (Å²) in [5, 5.41) is 8.83. The Labute approximate surface area is 206 Å². The molecule has 184 valence electrons. The van der Waals surface area contributed by atoms with E-state index in [0.717, 1.165) is 58.1 Å². The zero-order valence-corrected chi connectivity index (χ0v) is 20.9. The van der Waals surface area contributed by atoms with E-state index in [1.54, 1.807) is 0 Å². The van der Waals surface area contributed by atoms with Gasteiger partial charge >= 0.3 is 0 Å². The highest BCUT2D eigenvalue weighted by Gasteiger charge is 2.26. The van der Waals surface area contributed by atoms with Gasteiger partial charge in [-0.1, -0.05) is 18.6 Å². The molecule has 0 atom stereocenters. The molecular weight excluding hydrogens is 436 g/mol. The van der Waals surface area contributed by atoms with Crippen molar-refractivity contribution in [1.82, 2.24) is 25.1 Å². The number of aromatic nitrogens is 4. The summed E-state index contributed by atoms with van der Waals surface area (Å²) in [5.41, 5.74) is 6.32. The van der Waals surface area contributed by atoms with Crippen molar-refractivity contribution in [3.05, 3.63) is 42.0 Å². The molecule has 2 N–H and O–H groups in total. The van der Waals surface area contributed by atoms with Crippen LogP contribution in [0, 0.1) is 0 Å². The summed E-state index contributed by atoms with van der Waals surface area (Å²) in [4.78, 5) is 13.7. The van der Waals surface area contributed by atoms with Crippen LogP contribution < -0.4 is 4.90 Å². The monoisotopic (exact) mass is 472 g/mol. The van der Waals surface area contributed by atoms with Gasteiger partial charge in [-0.05, 0) is 82.4 Å². The lowest BCUT2D eigenvalue weighted by molar-refractivity contribution is 0.0658. The molecule has 6 rings (SSSR count). The predicted molar refractivity (Wildman–Crippen MR) is 142 cm³/mol. The number of fused-ring (bicyclic) bond motifs is 2. The number of nitrogens with zero attached hydrogens (tertiary/aromatic N) is 4. The molecule has 7 heteroatoms. The molecule has 0 bridgehead atoms. The summed E-state index contributed by atoms with van der Waals surface area (Å²) in [6, 6.07) is 13.7. The van der Waals surface area contributed by atoms with Crippen molar-refractivity contribution in [2.45, 2.75) is 64.7 Å². The Morgan fingerprint density at radius 1 is 0.971 bits per heavy atom. The van der Waals surface area contributed by atoms with Crippen LogP contribution in [0.1, 0.15) is 51.5 Å². The smallest absolute Gasteiger partial charge is 0.159 e. The van der Waals surface area contributed by atoms with E-state index in [1.807, 2.05) is 0 Å². The van der Waals surface area contributed by atoms with Gasteiger partial charge in [0.05, 0.1) is 29.3 Å². The van der Waals surface area contributed by atoms with E-state index < -0.39 is 0 Å². The molecule has 4 heterocycles. The van der Waals surface area contributed by atoms with Gasteiger partial charge in [0.15, 0.2) is 5.82 Å². The Morgan fingerprint density at radius 2 is 1.80 bits per heavy atom. The molecule has 2 aromatic heterocycles. The topological polar surface area (TPSA) is 73.1 Å². The normalized spacial score (nSPS) is 18.3. The van der Waals surface area contributed by atoms with Gasteiger partial charge in [0.25, 0.3) is 0 Å². The number of benzene rings is 2. The highest BCUT2D eigenvalue weighted by molar-refractivity contribution is 5.93. The minimum atomic E-state index is 0.212. The van der Waals surface area contributed by atoms with Crippen LogP contribution in [-0.4, -0.2) is 63.4 Å². The fourth-order valence-corrected chi connectivity index (χ4v) is 5.68. The lowest BCUT2D eigenvalue weighted by Gasteiger charge is -2.41. The molecule has 0 aliphatic carbocycles. The van der Waals surface area contributed by atoms with Crippen molar-refractivity contribution in [1.29, 1.82) is 0 Å². The second-order valence-electron chi connectivity index (χ2n) is 10.4. The average Bonchev–Trinajstić information content (AvgIpc) is 3.51. The summed E-state index contributed by atoms with van der Waals surface area (Å²) < 4.78 is 5.75. The van der Waals surface area contributed by atoms with Crippen molar-refractivity contribution in [2.75, 3.05) is 31.1 Å². The number of hydrogen-bond acceptors (Lipinski definition) is 5. The maximum atomic E-state index is 5.75. The van der Waals surface area contributed by atoms with E-state index in [-0.39, 0.29) is 6.10 Å². The minimum absolute atomic E-state index is 0.212. The Bertz CT molecular complexity index is 1290. The number of nitrogens with one attached hydrogen (secondary N) is 2. The first kappa shape index (κ1) is 22.6. The number of ether oxygens (including phenoxy) is 1. The number of hydrogen-bond donors (Lipinski definition) is 2. The van der Waals surface area contributed by atoms with E-state index in [9.17, 15) is 0 Å². The summed E-state index contributed by atoms with van der Waals surface area (Å²) in [7, 11) is 0. The van der Waals surface area contributed by atoms with E-state index in [2.05, 4.69) is 75.2 Å². The maximum Gasteiger partial charge on any atom is 0.159 e. The first-order valence-electron chi connectivity index (χ1n) is 13.2. The number of anilines is 1. The van der Waals surface area contributed by atoms with Crippen molar-refractivity contribution in [2.24, 2.45) is 0 Å². The molecule has 35 heavy (non-hydrogen) atoms. The standard InChI is InChI=1S/C28H36N6O/c1-19(2)35-18-20-6-8-23-25(16-20)31-32-27(23)28-29-24-9-7-22(17-26(24)30-28)34-14-10-21(11-15-34)33-12-4-3-5-13-33/h6-9,16-17,19,21H,3-5,10-15,18H2,1-2H3,(H,29,30)(H,31,32). The molecule has 0 amide bonds. The second kappa shape index (κ2) is 9.63. The molecule has 4 aromatic rings. The molecule has 2 aliphatic heterocycles. The fraction of sp³-hybridized carbons (Fsp3) is 0.500. The third kappa shape index (κ3) is 4.67. The molecule has 0 saturated carbocycles. The molecular formula is C28H36N6O. The highest BCUT2D eigenvalue weighted by Crippen LogP contribution is 2.30. The molecule has 0 radical (unpaired) electrons. The summed E-state index contributed by atoms with van der Waals surface area (Å²) >= 11 is 0. The van der Waals surface area contributed by atoms with Crippen LogP contribution in [0.5, 0.6) is 0 Å². The van der Waals surface area contributed by atoms with Gasteiger partial charge in [0.2, 0.25) is 0 Å². The van der Waals surface area contributed by atoms with E-state index in [1.165, 1.54) is 50.9 Å². The third-order valence-corrected chi connectivity index (χ3v) is 7.64. The van der Waals surface area contributed by atoms with Crippen LogP contribution in [0.15, 0.2) is 36.4 Å². The van der Waals surface area contributed by atoms with Gasteiger partial charge in [-0.3, -0.25) is 5.10 Å². The Hall–Kier alpha value is -2.90. The average molecular weight is 473 g/mol. The maximum absolute atomic E-state index is 5.75. The predicted octanol–water partition coefficient (Wildman–Crippen LogP) is 5.49. The van der Waals surface area contributed by atoms with Gasteiger partial charge in [0.1, 0.15) is 5.69 Å². The van der Waals surface area contributed by atoms with Crippen LogP contribution in [0.3, 0.4) is 0 Å². The number of aromatic amines is 2. The van der Waals surface area contributed by atoms with Gasteiger partial charge in [0, 0.05) is 30.2 Å². The van der Waals surface area contributed by atoms with Crippen molar-refractivity contribution in [3.8, 4) is 11.5 Å². The number of likely N-dealkylation sites (tertiary alicyclic amines) is 1. The Kier molecular flexibility index (Phi) is 6.20. The quantitative estimate of drug-likeness (QED) is 0.388. The van der Waals surface area contributed by atoms with E-state index in [0.29, 0.717) is 6.61 Å². The van der Waals surface area contributed by atoms with Crippen molar-refractivity contribution in [3.63, 3.8) is 0 Å². The number of rotatable bonds is 6. The zero-order valence-electron chi connectivity index (χ0n) is 20.9. The minimum Gasteiger partial charge on any atom is -0.374 e. The third-order valence-electron chi connectivity index (χ3n) is 7.64. The molecule has 0 spiro atoms. The molecule has 0 unspecified atom stereocenters. The van der Waals surface area contributed by atoms with Gasteiger partial charge in [-0.15, -0.1) is 0 Å². The van der Waals surface area contributed by atoms with Crippen LogP contribution in [-0.2, 0) is 11.3 Å². The van der Waals surface area contributed by atoms with Gasteiger partial charge in [-0.25, -0.2) is 4.98 Å². The lowest BCUT2D eigenvalue weighted by atomic mass is 9.99. The van der Waals surface area contributed by atoms with Crippen molar-refractivity contribution < 1.29 is 4.74 Å². The molecule has 2 aromatic carbocycles. The van der Waals surface area contributed by atoms with E-state index in [4.69, 9.17) is 9.72 Å². The van der Waals surface area contributed by atoms with Crippen LogP contribution >= 0.6 is 0 Å². The first-order chi connectivity index (χ1) is 17.1. The summed E-state index contributed by atoms with van der Waals surface area (Å²) in [6.45, 7) is 9.55. The second-order valence-corrected chi connectivity index (χ2v) is 10.4. The zero-order chi connectivity index (χ0) is 23.8. The molecule has 2 saturated heterocycles. The number of piperidine rings is 2. The Balaban J connectivity index is 1.18. The summed E-state index contributed by atoms with van der Waals surface area (Å²) in [6.07, 6.45) is 6.88. The highest BCUT2D eigenvalue weighted by atomic mass is 16.5. The SMILES string of the molecule is CC(C)OCc1ccc2c(-c3nc4ccc(N5CCC(N6CCCCC6)CC5)cc4[nH]3)n[nH]c2c1. The molecule has 7 nitrogen and oxygen atoms in total. The van der Waals surface area contributed by atoms with Crippen LogP contribution in [0.4, 0.5) is 5.69 Å². The number of imidazole rings is 1. The van der Waals surface area contributed by atoms with E-state index >= 15 is 0 Å². The van der Waals surface area contributed by atoms with Crippen LogP contribution in [0.25, 0.3) is 33.5 Å². The van der Waals surface area contributed by atoms with Crippen LogP contribution in [0.2, 0.25) is 0 Å². The van der Waals surface area contributed by atoms with Gasteiger partial charge in [-0.2, -0.15) is 5.10 Å². The largest absolute Gasteiger partial charge is 0.374 e. The number of H-pyrrole nitrogens is 2. The molecule has 2 aliphatic rings. The van der Waals surface area contributed by atoms with Gasteiger partial charge < -0.3 is 19.5 Å². The fourth-order valence-electron chi connectivity index (χ4n) is 5.68. The Morgan fingerprint density at radius 3 is 2.60 bits per heavy atom.